The van der Waals surface area contributed by atoms with Gasteiger partial charge in [0.1, 0.15) is 12.4 Å². The Kier molecular flexibility index (Phi) is 3.88. The molecule has 0 aliphatic carbocycles. The highest BCUT2D eigenvalue weighted by atomic mass is 16.5. The van der Waals surface area contributed by atoms with Gasteiger partial charge in [0.2, 0.25) is 0 Å². The zero-order valence-corrected chi connectivity index (χ0v) is 11.7. The summed E-state index contributed by atoms with van der Waals surface area (Å²) >= 11 is 0. The molecule has 0 saturated heterocycles. The standard InChI is InChI=1S/C19H17NO/c20-17-10-6-9-16(13-17)18-11-4-5-12-19(18)21-14-15-7-2-1-3-8-15/h1-13H,14,20H2. The lowest BCUT2D eigenvalue weighted by Gasteiger charge is -2.12. The lowest BCUT2D eigenvalue weighted by molar-refractivity contribution is 0.307. The summed E-state index contributed by atoms with van der Waals surface area (Å²) in [6.07, 6.45) is 0. The second kappa shape index (κ2) is 6.14. The maximum Gasteiger partial charge on any atom is 0.127 e. The Hall–Kier alpha value is -2.74. The molecule has 0 fully saturated rings. The Morgan fingerprint density at radius 1 is 0.762 bits per heavy atom. The van der Waals surface area contributed by atoms with Gasteiger partial charge in [-0.05, 0) is 29.3 Å². The third-order valence-corrected chi connectivity index (χ3v) is 3.32. The molecule has 2 heteroatoms. The van der Waals surface area contributed by atoms with Gasteiger partial charge in [0.25, 0.3) is 0 Å². The molecule has 0 aliphatic rings. The van der Waals surface area contributed by atoms with Gasteiger partial charge < -0.3 is 10.5 Å². The Morgan fingerprint density at radius 3 is 2.33 bits per heavy atom. The Labute approximate surface area is 124 Å². The number of hydrogen-bond acceptors (Lipinski definition) is 2. The maximum atomic E-state index is 5.98. The van der Waals surface area contributed by atoms with Gasteiger partial charge in [-0.15, -0.1) is 0 Å². The van der Waals surface area contributed by atoms with E-state index in [-0.39, 0.29) is 0 Å². The first-order chi connectivity index (χ1) is 10.3. The highest BCUT2D eigenvalue weighted by Gasteiger charge is 2.06. The van der Waals surface area contributed by atoms with E-state index < -0.39 is 0 Å². The molecule has 3 rings (SSSR count). The molecule has 0 unspecified atom stereocenters. The van der Waals surface area contributed by atoms with Crippen molar-refractivity contribution in [2.24, 2.45) is 0 Å². The molecular formula is C19H17NO. The SMILES string of the molecule is Nc1cccc(-c2ccccc2OCc2ccccc2)c1. The number of benzene rings is 3. The van der Waals surface area contributed by atoms with Crippen molar-refractivity contribution >= 4 is 5.69 Å². The summed E-state index contributed by atoms with van der Waals surface area (Å²) in [7, 11) is 0. The molecule has 2 N–H and O–H groups in total. The van der Waals surface area contributed by atoms with Crippen molar-refractivity contribution in [3.63, 3.8) is 0 Å². The number of para-hydroxylation sites is 1. The molecule has 0 amide bonds. The van der Waals surface area contributed by atoms with Crippen LogP contribution in [-0.4, -0.2) is 0 Å². The van der Waals surface area contributed by atoms with E-state index in [0.717, 1.165) is 28.1 Å². The first-order valence-electron chi connectivity index (χ1n) is 6.94. The van der Waals surface area contributed by atoms with E-state index in [2.05, 4.69) is 18.2 Å². The predicted molar refractivity (Wildman–Crippen MR) is 87.1 cm³/mol. The fourth-order valence-electron chi connectivity index (χ4n) is 2.27. The maximum absolute atomic E-state index is 5.98. The van der Waals surface area contributed by atoms with Crippen molar-refractivity contribution in [1.82, 2.24) is 0 Å². The largest absolute Gasteiger partial charge is 0.488 e. The van der Waals surface area contributed by atoms with Crippen molar-refractivity contribution in [3.05, 3.63) is 84.4 Å². The van der Waals surface area contributed by atoms with Crippen LogP contribution in [0.2, 0.25) is 0 Å². The van der Waals surface area contributed by atoms with E-state index >= 15 is 0 Å². The van der Waals surface area contributed by atoms with E-state index in [1.54, 1.807) is 0 Å². The number of rotatable bonds is 4. The Morgan fingerprint density at radius 2 is 1.52 bits per heavy atom. The molecule has 3 aromatic carbocycles. The third-order valence-electron chi connectivity index (χ3n) is 3.32. The molecule has 0 aromatic heterocycles. The summed E-state index contributed by atoms with van der Waals surface area (Å²) in [5.41, 5.74) is 9.90. The van der Waals surface area contributed by atoms with Crippen LogP contribution in [0.15, 0.2) is 78.9 Å². The summed E-state index contributed by atoms with van der Waals surface area (Å²) in [6.45, 7) is 0.556. The molecule has 104 valence electrons. The van der Waals surface area contributed by atoms with Crippen molar-refractivity contribution < 1.29 is 4.74 Å². The second-order valence-electron chi connectivity index (χ2n) is 4.90. The van der Waals surface area contributed by atoms with Crippen molar-refractivity contribution in [3.8, 4) is 16.9 Å². The molecule has 0 spiro atoms. The van der Waals surface area contributed by atoms with Gasteiger partial charge in [-0.25, -0.2) is 0 Å². The van der Waals surface area contributed by atoms with E-state index in [1.807, 2.05) is 60.7 Å². The average molecular weight is 275 g/mol. The molecule has 0 atom stereocenters. The summed E-state index contributed by atoms with van der Waals surface area (Å²) in [5, 5.41) is 0. The Bertz CT molecular complexity index is 722. The normalized spacial score (nSPS) is 10.3. The van der Waals surface area contributed by atoms with Crippen LogP contribution >= 0.6 is 0 Å². The molecule has 0 saturated carbocycles. The third kappa shape index (κ3) is 3.23. The quantitative estimate of drug-likeness (QED) is 0.711. The van der Waals surface area contributed by atoms with Crippen LogP contribution in [0, 0.1) is 0 Å². The molecule has 0 heterocycles. The minimum absolute atomic E-state index is 0.556. The fourth-order valence-corrected chi connectivity index (χ4v) is 2.27. The zero-order chi connectivity index (χ0) is 14.5. The fraction of sp³-hybridized carbons (Fsp3) is 0.0526. The minimum Gasteiger partial charge on any atom is -0.488 e. The van der Waals surface area contributed by atoms with Crippen molar-refractivity contribution in [2.45, 2.75) is 6.61 Å². The van der Waals surface area contributed by atoms with Gasteiger partial charge >= 0.3 is 0 Å². The van der Waals surface area contributed by atoms with Crippen LogP contribution < -0.4 is 10.5 Å². The molecule has 21 heavy (non-hydrogen) atoms. The van der Waals surface area contributed by atoms with Crippen LogP contribution in [-0.2, 0) is 6.61 Å². The Balaban J connectivity index is 1.86. The summed E-state index contributed by atoms with van der Waals surface area (Å²) in [6, 6.07) is 26.0. The highest BCUT2D eigenvalue weighted by molar-refractivity contribution is 5.72. The van der Waals surface area contributed by atoms with Gasteiger partial charge in [0.05, 0.1) is 0 Å². The first-order valence-corrected chi connectivity index (χ1v) is 6.94. The van der Waals surface area contributed by atoms with Crippen LogP contribution in [0.5, 0.6) is 5.75 Å². The highest BCUT2D eigenvalue weighted by Crippen LogP contribution is 2.31. The number of nitrogens with two attached hydrogens (primary N) is 1. The first kappa shape index (κ1) is 13.3. The van der Waals surface area contributed by atoms with E-state index in [4.69, 9.17) is 10.5 Å². The molecular weight excluding hydrogens is 258 g/mol. The van der Waals surface area contributed by atoms with Crippen LogP contribution in [0.1, 0.15) is 5.56 Å². The number of hydrogen-bond donors (Lipinski definition) is 1. The molecule has 0 aliphatic heterocycles. The molecule has 0 bridgehead atoms. The molecule has 2 nitrogen and oxygen atoms in total. The van der Waals surface area contributed by atoms with Gasteiger partial charge in [-0.3, -0.25) is 0 Å². The van der Waals surface area contributed by atoms with Gasteiger partial charge in [0, 0.05) is 11.3 Å². The number of ether oxygens (including phenoxy) is 1. The minimum atomic E-state index is 0.556. The lowest BCUT2D eigenvalue weighted by Crippen LogP contribution is -1.97. The zero-order valence-electron chi connectivity index (χ0n) is 11.7. The molecule has 0 radical (unpaired) electrons. The van der Waals surface area contributed by atoms with Gasteiger partial charge in [-0.1, -0.05) is 60.7 Å². The van der Waals surface area contributed by atoms with Crippen molar-refractivity contribution in [2.75, 3.05) is 5.73 Å². The van der Waals surface area contributed by atoms with E-state index in [9.17, 15) is 0 Å². The molecule has 3 aromatic rings. The monoisotopic (exact) mass is 275 g/mol. The topological polar surface area (TPSA) is 35.2 Å². The smallest absolute Gasteiger partial charge is 0.127 e. The lowest BCUT2D eigenvalue weighted by atomic mass is 10.0. The number of anilines is 1. The van der Waals surface area contributed by atoms with E-state index in [0.29, 0.717) is 6.61 Å². The summed E-state index contributed by atoms with van der Waals surface area (Å²) < 4.78 is 5.98. The number of nitrogen functional groups attached to an aromatic ring is 1. The van der Waals surface area contributed by atoms with Gasteiger partial charge in [0.15, 0.2) is 0 Å². The van der Waals surface area contributed by atoms with Crippen LogP contribution in [0.3, 0.4) is 0 Å². The predicted octanol–water partition coefficient (Wildman–Crippen LogP) is 4.51. The van der Waals surface area contributed by atoms with Gasteiger partial charge in [-0.2, -0.15) is 0 Å². The van der Waals surface area contributed by atoms with Crippen LogP contribution in [0.25, 0.3) is 11.1 Å². The van der Waals surface area contributed by atoms with E-state index in [1.165, 1.54) is 0 Å². The summed E-state index contributed by atoms with van der Waals surface area (Å²) in [5.74, 6) is 0.868. The van der Waals surface area contributed by atoms with Crippen molar-refractivity contribution in [1.29, 1.82) is 0 Å². The van der Waals surface area contributed by atoms with Crippen LogP contribution in [0.4, 0.5) is 5.69 Å². The average Bonchev–Trinajstić information content (AvgIpc) is 2.54. The summed E-state index contributed by atoms with van der Waals surface area (Å²) in [4.78, 5) is 0. The second-order valence-corrected chi connectivity index (χ2v) is 4.90.